The third-order valence-corrected chi connectivity index (χ3v) is 2.34. The Morgan fingerprint density at radius 1 is 1.40 bits per heavy atom. The third-order valence-electron chi connectivity index (χ3n) is 2.12. The Morgan fingerprint density at radius 2 is 2.27 bits per heavy atom. The van der Waals surface area contributed by atoms with Crippen LogP contribution in [0.15, 0.2) is 30.9 Å². The minimum atomic E-state index is 0.501. The van der Waals surface area contributed by atoms with Crippen LogP contribution in [-0.2, 0) is 13.6 Å². The lowest BCUT2D eigenvalue weighted by Crippen LogP contribution is -2.03. The molecule has 0 atom stereocenters. The van der Waals surface area contributed by atoms with Gasteiger partial charge in [-0.25, -0.2) is 9.97 Å². The van der Waals surface area contributed by atoms with Crippen molar-refractivity contribution in [1.82, 2.24) is 14.5 Å². The Balaban J connectivity index is 1.99. The number of pyridine rings is 1. The lowest BCUT2D eigenvalue weighted by Gasteiger charge is -2.05. The summed E-state index contributed by atoms with van der Waals surface area (Å²) in [6, 6.07) is 3.65. The average Bonchev–Trinajstić information content (AvgIpc) is 2.63. The molecule has 2 aromatic rings. The molecule has 0 aromatic carbocycles. The van der Waals surface area contributed by atoms with Crippen LogP contribution >= 0.6 is 11.6 Å². The molecule has 0 aliphatic rings. The molecule has 0 bridgehead atoms. The van der Waals surface area contributed by atoms with Gasteiger partial charge in [0.1, 0.15) is 5.15 Å². The van der Waals surface area contributed by atoms with E-state index in [-0.39, 0.29) is 0 Å². The molecule has 0 radical (unpaired) electrons. The molecule has 1 N–H and O–H groups in total. The van der Waals surface area contributed by atoms with Crippen LogP contribution in [-0.4, -0.2) is 14.5 Å². The molecule has 0 aliphatic carbocycles. The normalized spacial score (nSPS) is 10.3. The monoisotopic (exact) mass is 222 g/mol. The van der Waals surface area contributed by atoms with Gasteiger partial charge in [-0.05, 0) is 12.1 Å². The van der Waals surface area contributed by atoms with E-state index in [0.29, 0.717) is 5.15 Å². The van der Waals surface area contributed by atoms with Gasteiger partial charge in [0.2, 0.25) is 0 Å². The maximum atomic E-state index is 5.68. The van der Waals surface area contributed by atoms with Crippen molar-refractivity contribution in [1.29, 1.82) is 0 Å². The van der Waals surface area contributed by atoms with Crippen LogP contribution in [0.1, 0.15) is 5.69 Å². The van der Waals surface area contributed by atoms with Crippen LogP contribution < -0.4 is 5.32 Å². The summed E-state index contributed by atoms with van der Waals surface area (Å²) in [5, 5.41) is 3.73. The Bertz CT molecular complexity index is 435. The van der Waals surface area contributed by atoms with Crippen molar-refractivity contribution in [3.8, 4) is 0 Å². The van der Waals surface area contributed by atoms with E-state index in [9.17, 15) is 0 Å². The van der Waals surface area contributed by atoms with Crippen molar-refractivity contribution in [2.75, 3.05) is 5.32 Å². The molecule has 0 unspecified atom stereocenters. The highest BCUT2D eigenvalue weighted by Crippen LogP contribution is 2.10. The van der Waals surface area contributed by atoms with E-state index in [1.54, 1.807) is 18.6 Å². The zero-order valence-corrected chi connectivity index (χ0v) is 9.07. The molecule has 0 fully saturated rings. The van der Waals surface area contributed by atoms with Crippen molar-refractivity contribution in [3.63, 3.8) is 0 Å². The zero-order chi connectivity index (χ0) is 10.7. The molecule has 0 amide bonds. The highest BCUT2D eigenvalue weighted by molar-refractivity contribution is 6.29. The van der Waals surface area contributed by atoms with Gasteiger partial charge in [-0.2, -0.15) is 0 Å². The molecular formula is C10H11ClN4. The molecule has 2 heterocycles. The average molecular weight is 223 g/mol. The number of halogens is 1. The number of hydrogen-bond donors (Lipinski definition) is 1. The fraction of sp³-hybridized carbons (Fsp3) is 0.200. The van der Waals surface area contributed by atoms with Gasteiger partial charge in [0.25, 0.3) is 0 Å². The third kappa shape index (κ3) is 2.47. The van der Waals surface area contributed by atoms with Crippen LogP contribution in [0.4, 0.5) is 5.69 Å². The fourth-order valence-corrected chi connectivity index (χ4v) is 1.34. The van der Waals surface area contributed by atoms with E-state index in [1.807, 2.05) is 23.9 Å². The number of nitrogens with one attached hydrogen (secondary N) is 1. The molecule has 0 saturated heterocycles. The first-order valence-corrected chi connectivity index (χ1v) is 4.94. The maximum Gasteiger partial charge on any atom is 0.129 e. The first kappa shape index (κ1) is 9.98. The maximum absolute atomic E-state index is 5.68. The summed E-state index contributed by atoms with van der Waals surface area (Å²) in [5.74, 6) is 0. The van der Waals surface area contributed by atoms with Gasteiger partial charge in [-0.1, -0.05) is 11.6 Å². The van der Waals surface area contributed by atoms with Crippen molar-refractivity contribution in [2.24, 2.45) is 7.05 Å². The van der Waals surface area contributed by atoms with Crippen molar-refractivity contribution in [2.45, 2.75) is 6.54 Å². The van der Waals surface area contributed by atoms with E-state index in [1.165, 1.54) is 0 Å². The quantitative estimate of drug-likeness (QED) is 0.809. The van der Waals surface area contributed by atoms with Gasteiger partial charge in [0, 0.05) is 13.2 Å². The Labute approximate surface area is 92.9 Å². The topological polar surface area (TPSA) is 42.7 Å². The summed E-state index contributed by atoms with van der Waals surface area (Å²) in [7, 11) is 1.96. The second-order valence-electron chi connectivity index (χ2n) is 3.22. The van der Waals surface area contributed by atoms with Gasteiger partial charge in [0.05, 0.1) is 30.5 Å². The lowest BCUT2D eigenvalue weighted by molar-refractivity contribution is 0.837. The summed E-state index contributed by atoms with van der Waals surface area (Å²) < 4.78 is 1.97. The fourth-order valence-electron chi connectivity index (χ4n) is 1.23. The molecule has 0 saturated carbocycles. The van der Waals surface area contributed by atoms with Gasteiger partial charge >= 0.3 is 0 Å². The number of aryl methyl sites for hydroxylation is 1. The molecule has 0 spiro atoms. The van der Waals surface area contributed by atoms with Gasteiger partial charge in [-0.3, -0.25) is 0 Å². The lowest BCUT2D eigenvalue weighted by atomic mass is 10.4. The summed E-state index contributed by atoms with van der Waals surface area (Å²) >= 11 is 5.68. The van der Waals surface area contributed by atoms with Crippen molar-refractivity contribution >= 4 is 17.3 Å². The first-order chi connectivity index (χ1) is 7.25. The van der Waals surface area contributed by atoms with Crippen LogP contribution in [0.3, 0.4) is 0 Å². The summed E-state index contributed by atoms with van der Waals surface area (Å²) in [6.07, 6.45) is 5.31. The second kappa shape index (κ2) is 4.31. The first-order valence-electron chi connectivity index (χ1n) is 4.56. The smallest absolute Gasteiger partial charge is 0.129 e. The second-order valence-corrected chi connectivity index (χ2v) is 3.61. The number of imidazole rings is 1. The Kier molecular flexibility index (Phi) is 2.87. The number of rotatable bonds is 3. The summed E-state index contributed by atoms with van der Waals surface area (Å²) in [5.41, 5.74) is 2.06. The zero-order valence-electron chi connectivity index (χ0n) is 8.31. The van der Waals surface area contributed by atoms with E-state index in [0.717, 1.165) is 17.9 Å². The highest BCUT2D eigenvalue weighted by atomic mass is 35.5. The van der Waals surface area contributed by atoms with E-state index < -0.39 is 0 Å². The number of hydrogen-bond acceptors (Lipinski definition) is 3. The van der Waals surface area contributed by atoms with Gasteiger partial charge < -0.3 is 9.88 Å². The highest BCUT2D eigenvalue weighted by Gasteiger charge is 1.98. The van der Waals surface area contributed by atoms with Crippen LogP contribution in [0.25, 0.3) is 0 Å². The largest absolute Gasteiger partial charge is 0.378 e. The molecule has 78 valence electrons. The predicted molar refractivity (Wildman–Crippen MR) is 59.8 cm³/mol. The number of nitrogens with zero attached hydrogens (tertiary/aromatic N) is 3. The molecular weight excluding hydrogens is 212 g/mol. The summed E-state index contributed by atoms with van der Waals surface area (Å²) in [6.45, 7) is 0.722. The van der Waals surface area contributed by atoms with E-state index in [2.05, 4.69) is 15.3 Å². The molecule has 4 nitrogen and oxygen atoms in total. The number of anilines is 1. The Morgan fingerprint density at radius 3 is 2.87 bits per heavy atom. The van der Waals surface area contributed by atoms with Crippen LogP contribution in [0, 0.1) is 0 Å². The van der Waals surface area contributed by atoms with Crippen LogP contribution in [0.2, 0.25) is 5.15 Å². The molecule has 2 rings (SSSR count). The van der Waals surface area contributed by atoms with Crippen molar-refractivity contribution in [3.05, 3.63) is 41.7 Å². The molecule has 15 heavy (non-hydrogen) atoms. The molecule has 5 heteroatoms. The van der Waals surface area contributed by atoms with Gasteiger partial charge in [-0.15, -0.1) is 0 Å². The molecule has 0 aliphatic heterocycles. The summed E-state index contributed by atoms with van der Waals surface area (Å²) in [4.78, 5) is 8.02. The SMILES string of the molecule is Cn1cncc1CNc1ccc(Cl)nc1. The van der Waals surface area contributed by atoms with Crippen molar-refractivity contribution < 1.29 is 0 Å². The minimum absolute atomic E-state index is 0.501. The van der Waals surface area contributed by atoms with Crippen LogP contribution in [0.5, 0.6) is 0 Å². The predicted octanol–water partition coefficient (Wildman–Crippen LogP) is 2.08. The van der Waals surface area contributed by atoms with E-state index in [4.69, 9.17) is 11.6 Å². The molecule has 2 aromatic heterocycles. The number of aromatic nitrogens is 3. The standard InChI is InChI=1S/C10H11ClN4/c1-15-7-12-5-9(15)6-13-8-2-3-10(11)14-4-8/h2-5,7,13H,6H2,1H3. The van der Waals surface area contributed by atoms with Gasteiger partial charge in [0.15, 0.2) is 0 Å². The van der Waals surface area contributed by atoms with E-state index >= 15 is 0 Å². The minimum Gasteiger partial charge on any atom is -0.378 e. The Hall–Kier alpha value is -1.55.